The lowest BCUT2D eigenvalue weighted by Gasteiger charge is -2.02. The van der Waals surface area contributed by atoms with Crippen LogP contribution in [0.15, 0.2) is 12.7 Å². The number of carbonyl (C=O) groups is 2. The lowest BCUT2D eigenvalue weighted by molar-refractivity contribution is -0.143. The van der Waals surface area contributed by atoms with Gasteiger partial charge in [0.1, 0.15) is 6.54 Å². The highest BCUT2D eigenvalue weighted by molar-refractivity contribution is 5.82. The fraction of sp³-hybridized carbons (Fsp3) is 0.500. The highest BCUT2D eigenvalue weighted by Crippen LogP contribution is 1.80. The van der Waals surface area contributed by atoms with Gasteiger partial charge < -0.3 is 10.1 Å². The summed E-state index contributed by atoms with van der Waals surface area (Å²) in [6.07, 6.45) is 1.69. The quantitative estimate of drug-likeness (QED) is 0.476. The molecule has 0 aliphatic carbocycles. The monoisotopic (exact) mass is 171 g/mol. The summed E-state index contributed by atoms with van der Waals surface area (Å²) in [5.74, 6) is -0.645. The Labute approximate surface area is 71.6 Å². The maximum Gasteiger partial charge on any atom is 0.325 e. The van der Waals surface area contributed by atoms with Crippen molar-refractivity contribution in [1.82, 2.24) is 5.32 Å². The highest BCUT2D eigenvalue weighted by Gasteiger charge is 2.03. The molecule has 4 heteroatoms. The van der Waals surface area contributed by atoms with Gasteiger partial charge in [0.2, 0.25) is 5.91 Å². The predicted octanol–water partition coefficient (Wildman–Crippen LogP) is 0.242. The second-order valence-corrected chi connectivity index (χ2v) is 2.07. The van der Waals surface area contributed by atoms with Crippen LogP contribution in [0.2, 0.25) is 0 Å². The molecule has 0 aromatic heterocycles. The minimum absolute atomic E-state index is 0.0689. The van der Waals surface area contributed by atoms with E-state index in [9.17, 15) is 9.59 Å². The van der Waals surface area contributed by atoms with Crippen molar-refractivity contribution >= 4 is 11.9 Å². The van der Waals surface area contributed by atoms with Crippen molar-refractivity contribution in [1.29, 1.82) is 0 Å². The maximum atomic E-state index is 10.8. The Kier molecular flexibility index (Phi) is 5.69. The van der Waals surface area contributed by atoms with Crippen molar-refractivity contribution in [3.05, 3.63) is 12.7 Å². The minimum Gasteiger partial charge on any atom is -0.465 e. The van der Waals surface area contributed by atoms with Crippen LogP contribution in [0.1, 0.15) is 13.3 Å². The van der Waals surface area contributed by atoms with E-state index >= 15 is 0 Å². The Morgan fingerprint density at radius 2 is 2.25 bits per heavy atom. The Morgan fingerprint density at radius 3 is 2.75 bits per heavy atom. The summed E-state index contributed by atoms with van der Waals surface area (Å²) in [5.41, 5.74) is 0. The Hall–Kier alpha value is -1.32. The van der Waals surface area contributed by atoms with Crippen LogP contribution in [0.4, 0.5) is 0 Å². The van der Waals surface area contributed by atoms with E-state index in [0.29, 0.717) is 6.61 Å². The normalized spacial score (nSPS) is 8.75. The van der Waals surface area contributed by atoms with Gasteiger partial charge in [-0.3, -0.25) is 9.59 Å². The smallest absolute Gasteiger partial charge is 0.325 e. The average Bonchev–Trinajstić information content (AvgIpc) is 2.02. The van der Waals surface area contributed by atoms with Gasteiger partial charge in [-0.25, -0.2) is 0 Å². The second kappa shape index (κ2) is 6.39. The zero-order valence-electron chi connectivity index (χ0n) is 7.13. The molecule has 12 heavy (non-hydrogen) atoms. The molecule has 0 heterocycles. The summed E-state index contributed by atoms with van der Waals surface area (Å²) < 4.78 is 4.59. The second-order valence-electron chi connectivity index (χ2n) is 2.07. The fourth-order valence-corrected chi connectivity index (χ4v) is 0.586. The summed E-state index contributed by atoms with van der Waals surface area (Å²) in [4.78, 5) is 21.5. The van der Waals surface area contributed by atoms with Crippen LogP contribution in [0.25, 0.3) is 0 Å². The molecule has 0 aliphatic heterocycles. The molecule has 0 aliphatic rings. The van der Waals surface area contributed by atoms with Gasteiger partial charge in [-0.15, -0.1) is 6.58 Å². The van der Waals surface area contributed by atoms with Crippen LogP contribution >= 0.6 is 0 Å². The third-order valence-electron chi connectivity index (χ3n) is 1.06. The van der Waals surface area contributed by atoms with Gasteiger partial charge in [0, 0.05) is 6.42 Å². The van der Waals surface area contributed by atoms with Crippen LogP contribution in [0.5, 0.6) is 0 Å². The van der Waals surface area contributed by atoms with Crippen molar-refractivity contribution in [2.45, 2.75) is 13.3 Å². The third kappa shape index (κ3) is 5.46. The van der Waals surface area contributed by atoms with Crippen molar-refractivity contribution < 1.29 is 14.3 Å². The van der Waals surface area contributed by atoms with Crippen LogP contribution < -0.4 is 5.32 Å². The van der Waals surface area contributed by atoms with Gasteiger partial charge >= 0.3 is 5.97 Å². The molecule has 0 bridgehead atoms. The zero-order chi connectivity index (χ0) is 9.40. The molecule has 0 fully saturated rings. The molecule has 0 atom stereocenters. The topological polar surface area (TPSA) is 55.4 Å². The molecule has 0 rings (SSSR count). The first kappa shape index (κ1) is 10.7. The van der Waals surface area contributed by atoms with E-state index < -0.39 is 5.97 Å². The van der Waals surface area contributed by atoms with Crippen LogP contribution in [0.3, 0.4) is 0 Å². The average molecular weight is 171 g/mol. The van der Waals surface area contributed by atoms with E-state index in [4.69, 9.17) is 0 Å². The van der Waals surface area contributed by atoms with Gasteiger partial charge in [0.25, 0.3) is 0 Å². The van der Waals surface area contributed by atoms with Gasteiger partial charge in [-0.2, -0.15) is 0 Å². The van der Waals surface area contributed by atoms with Crippen molar-refractivity contribution in [2.24, 2.45) is 0 Å². The van der Waals surface area contributed by atoms with E-state index in [-0.39, 0.29) is 18.9 Å². The summed E-state index contributed by atoms with van der Waals surface area (Å²) >= 11 is 0. The fourth-order valence-electron chi connectivity index (χ4n) is 0.586. The molecule has 0 aromatic rings. The molecular formula is C8H13NO3. The maximum absolute atomic E-state index is 10.8. The SMILES string of the molecule is C=CCC(=O)NCC(=O)OCC. The number of ether oxygens (including phenoxy) is 1. The summed E-state index contributed by atoms with van der Waals surface area (Å²) in [5, 5.41) is 2.38. The molecule has 0 spiro atoms. The van der Waals surface area contributed by atoms with E-state index in [1.54, 1.807) is 6.92 Å². The van der Waals surface area contributed by atoms with Gasteiger partial charge in [0.15, 0.2) is 0 Å². The zero-order valence-corrected chi connectivity index (χ0v) is 7.13. The van der Waals surface area contributed by atoms with Crippen LogP contribution in [0, 0.1) is 0 Å². The Balaban J connectivity index is 3.46. The lowest BCUT2D eigenvalue weighted by Crippen LogP contribution is -2.29. The van der Waals surface area contributed by atoms with E-state index in [2.05, 4.69) is 16.6 Å². The Morgan fingerprint density at radius 1 is 1.58 bits per heavy atom. The third-order valence-corrected chi connectivity index (χ3v) is 1.06. The highest BCUT2D eigenvalue weighted by atomic mass is 16.5. The summed E-state index contributed by atoms with van der Waals surface area (Å²) in [6.45, 7) is 5.36. The first-order chi connectivity index (χ1) is 5.70. The molecule has 0 saturated heterocycles. The molecule has 1 N–H and O–H groups in total. The number of rotatable bonds is 5. The molecule has 68 valence electrons. The molecule has 1 amide bonds. The molecule has 0 radical (unpaired) electrons. The number of amides is 1. The van der Waals surface area contributed by atoms with Gasteiger partial charge in [0.05, 0.1) is 6.61 Å². The molecule has 0 aromatic carbocycles. The molecular weight excluding hydrogens is 158 g/mol. The molecule has 4 nitrogen and oxygen atoms in total. The minimum atomic E-state index is -0.421. The standard InChI is InChI=1S/C8H13NO3/c1-3-5-7(10)9-6-8(11)12-4-2/h3H,1,4-6H2,2H3,(H,9,10). The Bertz CT molecular complexity index is 177. The number of hydrogen-bond donors (Lipinski definition) is 1. The number of esters is 1. The van der Waals surface area contributed by atoms with E-state index in [0.717, 1.165) is 0 Å². The van der Waals surface area contributed by atoms with E-state index in [1.165, 1.54) is 6.08 Å². The molecule has 0 saturated carbocycles. The number of carbonyl (C=O) groups excluding carboxylic acids is 2. The van der Waals surface area contributed by atoms with Crippen molar-refractivity contribution in [3.63, 3.8) is 0 Å². The van der Waals surface area contributed by atoms with Crippen LogP contribution in [-0.4, -0.2) is 25.0 Å². The number of nitrogens with one attached hydrogen (secondary N) is 1. The molecule has 0 unspecified atom stereocenters. The first-order valence-corrected chi connectivity index (χ1v) is 3.74. The summed E-state index contributed by atoms with van der Waals surface area (Å²) in [7, 11) is 0. The van der Waals surface area contributed by atoms with Crippen LogP contribution in [-0.2, 0) is 14.3 Å². The largest absolute Gasteiger partial charge is 0.465 e. The first-order valence-electron chi connectivity index (χ1n) is 3.74. The van der Waals surface area contributed by atoms with Crippen molar-refractivity contribution in [3.8, 4) is 0 Å². The van der Waals surface area contributed by atoms with E-state index in [1.807, 2.05) is 0 Å². The van der Waals surface area contributed by atoms with Gasteiger partial charge in [-0.1, -0.05) is 6.08 Å². The van der Waals surface area contributed by atoms with Crippen molar-refractivity contribution in [2.75, 3.05) is 13.2 Å². The lowest BCUT2D eigenvalue weighted by atomic mass is 10.4. The van der Waals surface area contributed by atoms with Gasteiger partial charge in [-0.05, 0) is 6.92 Å². The number of hydrogen-bond acceptors (Lipinski definition) is 3. The predicted molar refractivity (Wildman–Crippen MR) is 44.5 cm³/mol. The summed E-state index contributed by atoms with van der Waals surface area (Å²) in [6, 6.07) is 0.